The van der Waals surface area contributed by atoms with Gasteiger partial charge in [-0.2, -0.15) is 0 Å². The molecule has 30 heavy (non-hydrogen) atoms. The molecule has 3 atom stereocenters. The highest BCUT2D eigenvalue weighted by Gasteiger charge is 2.42. The van der Waals surface area contributed by atoms with Gasteiger partial charge in [0.1, 0.15) is 5.60 Å². The summed E-state index contributed by atoms with van der Waals surface area (Å²) in [7, 11) is 0. The summed E-state index contributed by atoms with van der Waals surface area (Å²) < 4.78 is 17.2. The van der Waals surface area contributed by atoms with Crippen LogP contribution in [0.15, 0.2) is 0 Å². The minimum Gasteiger partial charge on any atom is -0.444 e. The van der Waals surface area contributed by atoms with Gasteiger partial charge in [-0.1, -0.05) is 19.3 Å². The van der Waals surface area contributed by atoms with Crippen LogP contribution in [0, 0.1) is 11.3 Å². The average molecular weight is 425 g/mol. The predicted molar refractivity (Wildman–Crippen MR) is 119 cm³/mol. The molecule has 3 aliphatic rings. The van der Waals surface area contributed by atoms with Gasteiger partial charge < -0.3 is 24.4 Å². The molecule has 174 valence electrons. The van der Waals surface area contributed by atoms with Crippen molar-refractivity contribution in [3.63, 3.8) is 0 Å². The van der Waals surface area contributed by atoms with E-state index in [1.54, 1.807) is 0 Å². The molecule has 6 heteroatoms. The number of nitrogens with one attached hydrogen (secondary N) is 1. The molecule has 1 N–H and O–H groups in total. The highest BCUT2D eigenvalue weighted by atomic mass is 16.6. The van der Waals surface area contributed by atoms with Crippen molar-refractivity contribution in [1.29, 1.82) is 0 Å². The number of hydrogen-bond donors (Lipinski definition) is 1. The first kappa shape index (κ1) is 23.8. The molecule has 0 bridgehead atoms. The SMILES string of the molecule is CCOCCC1(CN[C@@H]2CCC[C@H]2[C@H]2COCCN2C(=O)OC(C)(C)C)CCCC1. The Morgan fingerprint density at radius 1 is 1.20 bits per heavy atom. The summed E-state index contributed by atoms with van der Waals surface area (Å²) in [5.74, 6) is 0.433. The van der Waals surface area contributed by atoms with Crippen molar-refractivity contribution in [3.05, 3.63) is 0 Å². The monoisotopic (exact) mass is 424 g/mol. The molecule has 0 radical (unpaired) electrons. The number of rotatable bonds is 8. The first-order valence-corrected chi connectivity index (χ1v) is 12.2. The maximum Gasteiger partial charge on any atom is 0.410 e. The van der Waals surface area contributed by atoms with E-state index in [0.717, 1.165) is 32.6 Å². The van der Waals surface area contributed by atoms with E-state index in [9.17, 15) is 4.79 Å². The van der Waals surface area contributed by atoms with E-state index in [0.29, 0.717) is 37.1 Å². The maximum absolute atomic E-state index is 12.9. The summed E-state index contributed by atoms with van der Waals surface area (Å²) in [6.07, 6.45) is 9.80. The van der Waals surface area contributed by atoms with Crippen molar-refractivity contribution >= 4 is 6.09 Å². The second kappa shape index (κ2) is 10.6. The standard InChI is InChI=1S/C24H44N2O4/c1-5-28-15-13-24(11-6-7-12-24)18-25-20-10-8-9-19(20)21-17-29-16-14-26(21)22(27)30-23(2,3)4/h19-21,25H,5-18H2,1-4H3/t19-,20-,21-/m1/s1. The minimum absolute atomic E-state index is 0.108. The summed E-state index contributed by atoms with van der Waals surface area (Å²) in [5, 5.41) is 3.96. The molecular weight excluding hydrogens is 380 g/mol. The van der Waals surface area contributed by atoms with Crippen LogP contribution in [0.2, 0.25) is 0 Å². The Morgan fingerprint density at radius 2 is 1.97 bits per heavy atom. The van der Waals surface area contributed by atoms with Gasteiger partial charge >= 0.3 is 6.09 Å². The number of morpholine rings is 1. The molecule has 1 heterocycles. The highest BCUT2D eigenvalue weighted by molar-refractivity contribution is 5.68. The van der Waals surface area contributed by atoms with Gasteiger partial charge in [0.15, 0.2) is 0 Å². The molecule has 0 aromatic rings. The van der Waals surface area contributed by atoms with Crippen LogP contribution in [-0.2, 0) is 14.2 Å². The van der Waals surface area contributed by atoms with E-state index in [1.165, 1.54) is 38.5 Å². The van der Waals surface area contributed by atoms with Gasteiger partial charge in [-0.3, -0.25) is 0 Å². The molecule has 2 aliphatic carbocycles. The normalized spacial score (nSPS) is 29.3. The molecule has 0 aromatic carbocycles. The topological polar surface area (TPSA) is 60.0 Å². The molecule has 1 aliphatic heterocycles. The number of nitrogens with zero attached hydrogens (tertiary/aromatic N) is 1. The van der Waals surface area contributed by atoms with Crippen LogP contribution in [0.3, 0.4) is 0 Å². The van der Waals surface area contributed by atoms with E-state index < -0.39 is 5.60 Å². The van der Waals surface area contributed by atoms with E-state index in [4.69, 9.17) is 14.2 Å². The van der Waals surface area contributed by atoms with Gasteiger partial charge in [-0.05, 0) is 71.1 Å². The van der Waals surface area contributed by atoms with Crippen molar-refractivity contribution in [2.24, 2.45) is 11.3 Å². The van der Waals surface area contributed by atoms with E-state index >= 15 is 0 Å². The Morgan fingerprint density at radius 3 is 2.67 bits per heavy atom. The molecular formula is C24H44N2O4. The van der Waals surface area contributed by atoms with E-state index in [2.05, 4.69) is 12.2 Å². The molecule has 3 rings (SSSR count). The maximum atomic E-state index is 12.9. The fourth-order valence-corrected chi connectivity index (χ4v) is 5.65. The summed E-state index contributed by atoms with van der Waals surface area (Å²) >= 11 is 0. The van der Waals surface area contributed by atoms with Crippen LogP contribution in [0.4, 0.5) is 4.79 Å². The summed E-state index contributed by atoms with van der Waals surface area (Å²) in [6, 6.07) is 0.558. The highest BCUT2D eigenvalue weighted by Crippen LogP contribution is 2.41. The first-order chi connectivity index (χ1) is 14.3. The predicted octanol–water partition coefficient (Wildman–Crippen LogP) is 4.37. The zero-order valence-corrected chi connectivity index (χ0v) is 19.7. The Balaban J connectivity index is 1.61. The Labute approximate surface area is 183 Å². The summed E-state index contributed by atoms with van der Waals surface area (Å²) in [6.45, 7) is 12.5. The second-order valence-corrected chi connectivity index (χ2v) is 10.6. The van der Waals surface area contributed by atoms with Gasteiger partial charge in [0.25, 0.3) is 0 Å². The molecule has 0 aromatic heterocycles. The lowest BCUT2D eigenvalue weighted by Gasteiger charge is -2.42. The van der Waals surface area contributed by atoms with Gasteiger partial charge in [-0.25, -0.2) is 4.79 Å². The molecule has 0 unspecified atom stereocenters. The van der Waals surface area contributed by atoms with Crippen LogP contribution < -0.4 is 5.32 Å². The van der Waals surface area contributed by atoms with Gasteiger partial charge in [-0.15, -0.1) is 0 Å². The van der Waals surface area contributed by atoms with Gasteiger partial charge in [0.2, 0.25) is 0 Å². The third-order valence-corrected chi connectivity index (χ3v) is 7.24. The van der Waals surface area contributed by atoms with Crippen molar-refractivity contribution in [1.82, 2.24) is 10.2 Å². The number of amides is 1. The van der Waals surface area contributed by atoms with Crippen LogP contribution in [0.5, 0.6) is 0 Å². The van der Waals surface area contributed by atoms with Crippen molar-refractivity contribution in [2.75, 3.05) is 39.5 Å². The van der Waals surface area contributed by atoms with E-state index in [-0.39, 0.29) is 12.1 Å². The van der Waals surface area contributed by atoms with Crippen molar-refractivity contribution in [2.45, 2.75) is 96.7 Å². The van der Waals surface area contributed by atoms with Gasteiger partial charge in [0, 0.05) is 32.3 Å². The van der Waals surface area contributed by atoms with Crippen LogP contribution in [-0.4, -0.2) is 68.2 Å². The Hall–Kier alpha value is -0.850. The van der Waals surface area contributed by atoms with Gasteiger partial charge in [0.05, 0.1) is 19.3 Å². The van der Waals surface area contributed by atoms with Crippen molar-refractivity contribution < 1.29 is 19.0 Å². The van der Waals surface area contributed by atoms with E-state index in [1.807, 2.05) is 25.7 Å². The van der Waals surface area contributed by atoms with Crippen LogP contribution >= 0.6 is 0 Å². The summed E-state index contributed by atoms with van der Waals surface area (Å²) in [4.78, 5) is 14.8. The average Bonchev–Trinajstić information content (AvgIpc) is 3.35. The number of carbonyl (C=O) groups excluding carboxylic acids is 1. The third kappa shape index (κ3) is 6.33. The molecule has 0 spiro atoms. The number of ether oxygens (including phenoxy) is 3. The lowest BCUT2D eigenvalue weighted by molar-refractivity contribution is -0.0491. The lowest BCUT2D eigenvalue weighted by atomic mass is 9.82. The third-order valence-electron chi connectivity index (χ3n) is 7.24. The molecule has 3 fully saturated rings. The number of hydrogen-bond acceptors (Lipinski definition) is 5. The number of carbonyl (C=O) groups is 1. The largest absolute Gasteiger partial charge is 0.444 e. The fourth-order valence-electron chi connectivity index (χ4n) is 5.65. The quantitative estimate of drug-likeness (QED) is 0.587. The first-order valence-electron chi connectivity index (χ1n) is 12.2. The smallest absolute Gasteiger partial charge is 0.410 e. The molecule has 1 saturated heterocycles. The summed E-state index contributed by atoms with van der Waals surface area (Å²) in [5.41, 5.74) is -0.0844. The Bertz CT molecular complexity index is 542. The fraction of sp³-hybridized carbons (Fsp3) is 0.958. The van der Waals surface area contributed by atoms with Crippen molar-refractivity contribution in [3.8, 4) is 0 Å². The van der Waals surface area contributed by atoms with Crippen LogP contribution in [0.1, 0.15) is 79.1 Å². The second-order valence-electron chi connectivity index (χ2n) is 10.6. The minimum atomic E-state index is -0.470. The van der Waals surface area contributed by atoms with Crippen LogP contribution in [0.25, 0.3) is 0 Å². The molecule has 6 nitrogen and oxygen atoms in total. The zero-order chi connectivity index (χ0) is 21.6. The lowest BCUT2D eigenvalue weighted by Crippen LogP contribution is -2.56. The zero-order valence-electron chi connectivity index (χ0n) is 19.7. The molecule has 1 amide bonds. The molecule has 2 saturated carbocycles. The Kier molecular flexibility index (Phi) is 8.45.